The minimum atomic E-state index is 0.102. The number of pyridine rings is 1. The third-order valence-electron chi connectivity index (χ3n) is 2.38. The predicted molar refractivity (Wildman–Crippen MR) is 58.8 cm³/mol. The largest absolute Gasteiger partial charge is 0.387 e. The van der Waals surface area contributed by atoms with Crippen molar-refractivity contribution in [2.75, 3.05) is 24.2 Å². The summed E-state index contributed by atoms with van der Waals surface area (Å²) < 4.78 is 0. The van der Waals surface area contributed by atoms with Crippen molar-refractivity contribution in [3.63, 3.8) is 0 Å². The molecule has 80 valence electrons. The van der Waals surface area contributed by atoms with Crippen LogP contribution in [0.4, 0.5) is 11.4 Å². The van der Waals surface area contributed by atoms with E-state index in [0.29, 0.717) is 13.0 Å². The third kappa shape index (κ3) is 2.37. The highest BCUT2D eigenvalue weighted by Crippen LogP contribution is 2.15. The summed E-state index contributed by atoms with van der Waals surface area (Å²) in [6.07, 6.45) is 4.04. The first-order valence-electron chi connectivity index (χ1n) is 4.94. The highest BCUT2D eigenvalue weighted by molar-refractivity contribution is 5.79. The minimum Gasteiger partial charge on any atom is -0.387 e. The molecule has 15 heavy (non-hydrogen) atoms. The highest BCUT2D eigenvalue weighted by Gasteiger charge is 2.20. The fraction of sp³-hybridized carbons (Fsp3) is 0.400. The van der Waals surface area contributed by atoms with Crippen LogP contribution in [0.5, 0.6) is 0 Å². The molecule has 2 heterocycles. The highest BCUT2D eigenvalue weighted by atomic mass is 16.1. The zero-order chi connectivity index (χ0) is 10.7. The van der Waals surface area contributed by atoms with Crippen LogP contribution in [-0.4, -0.2) is 30.5 Å². The average molecular weight is 206 g/mol. The number of carbonyl (C=O) groups excluding carboxylic acids is 1. The fourth-order valence-corrected chi connectivity index (χ4v) is 1.60. The molecule has 0 spiro atoms. The van der Waals surface area contributed by atoms with Crippen LogP contribution in [0.2, 0.25) is 0 Å². The monoisotopic (exact) mass is 206 g/mol. The summed E-state index contributed by atoms with van der Waals surface area (Å²) in [5, 5.41) is 9.06. The molecule has 3 N–H and O–H groups in total. The summed E-state index contributed by atoms with van der Waals surface area (Å²) in [5.74, 6) is 0.102. The van der Waals surface area contributed by atoms with E-state index in [4.69, 9.17) is 0 Å². The Morgan fingerprint density at radius 3 is 2.93 bits per heavy atom. The van der Waals surface area contributed by atoms with Gasteiger partial charge in [-0.15, -0.1) is 0 Å². The molecular weight excluding hydrogens is 192 g/mol. The van der Waals surface area contributed by atoms with Crippen molar-refractivity contribution in [1.82, 2.24) is 10.3 Å². The molecule has 1 aliphatic rings. The molecule has 2 rings (SSSR count). The van der Waals surface area contributed by atoms with Crippen LogP contribution >= 0.6 is 0 Å². The molecule has 1 fully saturated rings. The lowest BCUT2D eigenvalue weighted by Crippen LogP contribution is -2.22. The molecule has 1 aliphatic heterocycles. The van der Waals surface area contributed by atoms with E-state index >= 15 is 0 Å². The Morgan fingerprint density at radius 1 is 1.47 bits per heavy atom. The van der Waals surface area contributed by atoms with Gasteiger partial charge < -0.3 is 16.0 Å². The van der Waals surface area contributed by atoms with Gasteiger partial charge in [-0.3, -0.25) is 9.78 Å². The maximum Gasteiger partial charge on any atom is 0.222 e. The summed E-state index contributed by atoms with van der Waals surface area (Å²) in [4.78, 5) is 15.1. The Bertz CT molecular complexity index is 366. The fourth-order valence-electron chi connectivity index (χ4n) is 1.60. The molecule has 1 saturated heterocycles. The topological polar surface area (TPSA) is 66.1 Å². The summed E-state index contributed by atoms with van der Waals surface area (Å²) in [6, 6.07) is 2.14. The molecular formula is C10H14N4O. The van der Waals surface area contributed by atoms with Crippen molar-refractivity contribution in [3.8, 4) is 0 Å². The third-order valence-corrected chi connectivity index (χ3v) is 2.38. The number of nitrogens with one attached hydrogen (secondary N) is 3. The van der Waals surface area contributed by atoms with Crippen LogP contribution in [0.3, 0.4) is 0 Å². The predicted octanol–water partition coefficient (Wildman–Crippen LogP) is 0.424. The standard InChI is InChI=1S/C10H14N4O/c1-11-7-2-8(5-12-4-7)14-9-3-10(15)13-6-9/h2,4-5,9,11,14H,3,6H2,1H3,(H,13,15). The summed E-state index contributed by atoms with van der Waals surface area (Å²) in [6.45, 7) is 0.683. The van der Waals surface area contributed by atoms with Crippen molar-refractivity contribution < 1.29 is 4.79 Å². The second kappa shape index (κ2) is 4.16. The number of nitrogens with zero attached hydrogens (tertiary/aromatic N) is 1. The Balaban J connectivity index is 2.01. The van der Waals surface area contributed by atoms with Crippen molar-refractivity contribution in [3.05, 3.63) is 18.5 Å². The Hall–Kier alpha value is -1.78. The maximum atomic E-state index is 11.0. The Labute approximate surface area is 88.3 Å². The molecule has 0 bridgehead atoms. The van der Waals surface area contributed by atoms with Gasteiger partial charge in [-0.05, 0) is 6.07 Å². The van der Waals surface area contributed by atoms with Gasteiger partial charge in [0.1, 0.15) is 0 Å². The second-order valence-electron chi connectivity index (χ2n) is 3.56. The average Bonchev–Trinajstić information content (AvgIpc) is 2.64. The number of aromatic nitrogens is 1. The van der Waals surface area contributed by atoms with Crippen LogP contribution in [0.1, 0.15) is 6.42 Å². The molecule has 1 unspecified atom stereocenters. The molecule has 0 aromatic carbocycles. The van der Waals surface area contributed by atoms with Crippen molar-refractivity contribution in [1.29, 1.82) is 0 Å². The SMILES string of the molecule is CNc1cncc(NC2CNC(=O)C2)c1. The zero-order valence-corrected chi connectivity index (χ0v) is 8.58. The van der Waals surface area contributed by atoms with Crippen LogP contribution in [0, 0.1) is 0 Å². The van der Waals surface area contributed by atoms with E-state index in [2.05, 4.69) is 20.9 Å². The van der Waals surface area contributed by atoms with Crippen LogP contribution < -0.4 is 16.0 Å². The number of amides is 1. The molecule has 1 amide bonds. The van der Waals surface area contributed by atoms with Gasteiger partial charge in [0.15, 0.2) is 0 Å². The summed E-state index contributed by atoms with van der Waals surface area (Å²) in [5.41, 5.74) is 1.89. The van der Waals surface area contributed by atoms with Gasteiger partial charge in [0.25, 0.3) is 0 Å². The number of rotatable bonds is 3. The van der Waals surface area contributed by atoms with E-state index < -0.39 is 0 Å². The first-order valence-corrected chi connectivity index (χ1v) is 4.94. The van der Waals surface area contributed by atoms with E-state index in [1.165, 1.54) is 0 Å². The van der Waals surface area contributed by atoms with E-state index in [0.717, 1.165) is 11.4 Å². The molecule has 1 atom stereocenters. The number of hydrogen-bond donors (Lipinski definition) is 3. The lowest BCUT2D eigenvalue weighted by molar-refractivity contribution is -0.119. The van der Waals surface area contributed by atoms with Crippen molar-refractivity contribution in [2.45, 2.75) is 12.5 Å². The van der Waals surface area contributed by atoms with Crippen molar-refractivity contribution >= 4 is 17.3 Å². The summed E-state index contributed by atoms with van der Waals surface area (Å²) >= 11 is 0. The number of anilines is 2. The molecule has 5 heteroatoms. The molecule has 5 nitrogen and oxygen atoms in total. The summed E-state index contributed by atoms with van der Waals surface area (Å²) in [7, 11) is 1.85. The first kappa shape index (κ1) is 9.76. The van der Waals surface area contributed by atoms with Gasteiger partial charge in [-0.25, -0.2) is 0 Å². The van der Waals surface area contributed by atoms with E-state index in [1.54, 1.807) is 12.4 Å². The van der Waals surface area contributed by atoms with Crippen LogP contribution in [-0.2, 0) is 4.79 Å². The molecule has 1 aromatic heterocycles. The molecule has 1 aromatic rings. The van der Waals surface area contributed by atoms with Gasteiger partial charge in [-0.1, -0.05) is 0 Å². The van der Waals surface area contributed by atoms with Gasteiger partial charge in [0.2, 0.25) is 5.91 Å². The van der Waals surface area contributed by atoms with Gasteiger partial charge in [0.05, 0.1) is 29.8 Å². The van der Waals surface area contributed by atoms with E-state index in [9.17, 15) is 4.79 Å². The van der Waals surface area contributed by atoms with Gasteiger partial charge in [0, 0.05) is 20.0 Å². The number of hydrogen-bond acceptors (Lipinski definition) is 4. The Morgan fingerprint density at radius 2 is 2.27 bits per heavy atom. The Kier molecular flexibility index (Phi) is 2.71. The number of carbonyl (C=O) groups is 1. The van der Waals surface area contributed by atoms with Crippen molar-refractivity contribution in [2.24, 2.45) is 0 Å². The van der Waals surface area contributed by atoms with Crippen LogP contribution in [0.15, 0.2) is 18.5 Å². The lowest BCUT2D eigenvalue weighted by Gasteiger charge is -2.12. The maximum absolute atomic E-state index is 11.0. The van der Waals surface area contributed by atoms with E-state index in [-0.39, 0.29) is 11.9 Å². The van der Waals surface area contributed by atoms with E-state index in [1.807, 2.05) is 13.1 Å². The quantitative estimate of drug-likeness (QED) is 0.670. The zero-order valence-electron chi connectivity index (χ0n) is 8.58. The first-order chi connectivity index (χ1) is 7.28. The molecule has 0 saturated carbocycles. The normalized spacial score (nSPS) is 19.8. The molecule has 0 aliphatic carbocycles. The van der Waals surface area contributed by atoms with Gasteiger partial charge >= 0.3 is 0 Å². The second-order valence-corrected chi connectivity index (χ2v) is 3.56. The lowest BCUT2D eigenvalue weighted by atomic mass is 10.2. The molecule has 0 radical (unpaired) electrons. The minimum absolute atomic E-state index is 0.102. The smallest absolute Gasteiger partial charge is 0.222 e. The van der Waals surface area contributed by atoms with Gasteiger partial charge in [-0.2, -0.15) is 0 Å². The van der Waals surface area contributed by atoms with Crippen LogP contribution in [0.25, 0.3) is 0 Å².